The lowest BCUT2D eigenvalue weighted by molar-refractivity contribution is -0.259. The lowest BCUT2D eigenvalue weighted by atomic mass is 9.91. The largest absolute Gasteiger partial charge is 0.391 e. The van der Waals surface area contributed by atoms with Crippen LogP contribution >= 0.6 is 8.53 Å². The molecule has 15 heteroatoms. The number of hydrogen-bond donors (Lipinski definition) is 4. The van der Waals surface area contributed by atoms with Crippen LogP contribution in [0.4, 0.5) is 17.5 Å². The van der Waals surface area contributed by atoms with Gasteiger partial charge in [-0.1, -0.05) is 34.1 Å². The summed E-state index contributed by atoms with van der Waals surface area (Å²) in [5.74, 6) is -0.571. The molecule has 0 spiro atoms. The van der Waals surface area contributed by atoms with Crippen LogP contribution in [0.2, 0.25) is 0 Å². The summed E-state index contributed by atoms with van der Waals surface area (Å²) in [4.78, 5) is 41.8. The summed E-state index contributed by atoms with van der Waals surface area (Å²) < 4.78 is 22.0. The molecule has 1 aromatic rings. The average molecular weight is 625 g/mol. The number of anilines is 3. The van der Waals surface area contributed by atoms with Crippen molar-refractivity contribution in [3.63, 3.8) is 0 Å². The van der Waals surface area contributed by atoms with E-state index in [2.05, 4.69) is 64.7 Å². The van der Waals surface area contributed by atoms with E-state index in [-0.39, 0.29) is 54.5 Å². The van der Waals surface area contributed by atoms with Crippen molar-refractivity contribution < 1.29 is 23.4 Å². The van der Waals surface area contributed by atoms with E-state index in [9.17, 15) is 9.59 Å². The quantitative estimate of drug-likeness (QED) is 0.120. The van der Waals surface area contributed by atoms with Crippen LogP contribution in [0.15, 0.2) is 4.79 Å². The summed E-state index contributed by atoms with van der Waals surface area (Å²) >= 11 is 0. The molecule has 2 aliphatic heterocycles. The van der Waals surface area contributed by atoms with Crippen LogP contribution in [0.1, 0.15) is 74.7 Å². The number of aromatic nitrogens is 2. The van der Waals surface area contributed by atoms with Gasteiger partial charge in [0.2, 0.25) is 18.4 Å². The van der Waals surface area contributed by atoms with E-state index < -0.39 is 38.1 Å². The van der Waals surface area contributed by atoms with Crippen molar-refractivity contribution in [2.75, 3.05) is 42.6 Å². The topological polar surface area (TPSA) is 161 Å². The molecule has 3 heterocycles. The second-order valence-electron chi connectivity index (χ2n) is 11.8. The van der Waals surface area contributed by atoms with E-state index in [4.69, 9.17) is 30.9 Å². The molecular weight excluding hydrogens is 575 g/mol. The molecule has 0 aromatic carbocycles. The molecule has 5 N–H and O–H groups in total. The number of fused-ring (bicyclic) bond motifs is 2. The molecule has 5 atom stereocenters. The Hall–Kier alpha value is -2.37. The van der Waals surface area contributed by atoms with E-state index in [1.165, 1.54) is 0 Å². The van der Waals surface area contributed by atoms with Gasteiger partial charge in [0.1, 0.15) is 24.0 Å². The van der Waals surface area contributed by atoms with Gasteiger partial charge in [-0.3, -0.25) is 24.7 Å². The van der Waals surface area contributed by atoms with Gasteiger partial charge in [0.05, 0.1) is 6.54 Å². The summed E-state index contributed by atoms with van der Waals surface area (Å²) in [7, 11) is -1.58. The number of rotatable bonds is 16. The summed E-state index contributed by atoms with van der Waals surface area (Å²) in [6.07, 6.45) is 0.584. The van der Waals surface area contributed by atoms with Crippen molar-refractivity contribution in [1.29, 1.82) is 0 Å². The first-order valence-electron chi connectivity index (χ1n) is 15.1. The number of amides is 1. The molecule has 43 heavy (non-hydrogen) atoms. The standard InChI is InChI=1S/C28H49N8O6P/c1-10-12-14-35-16-28(11-2)22(42-43(39-15-13-30-9)36(18(5)6)19(7)8)21(41-35)26(40-28)31-23-20(29)25(38)34-27(32-23)33-24(37)17(3)4/h17-19,21-22,26H,10-16,29H2,1-8H3,(H3,31,32,33,34,37,38)/t21-,22?,26+,28-,43?/m0/s1. The zero-order chi connectivity index (χ0) is 31.9. The number of hydroxylamine groups is 2. The third-order valence-electron chi connectivity index (χ3n) is 7.41. The van der Waals surface area contributed by atoms with Crippen LogP contribution < -0.4 is 21.9 Å². The Morgan fingerprint density at radius 1 is 1.30 bits per heavy atom. The maximum atomic E-state index is 12.7. The Morgan fingerprint density at radius 3 is 2.58 bits per heavy atom. The molecular formula is C28H49N8O6P. The van der Waals surface area contributed by atoms with Gasteiger partial charge in [0, 0.05) is 24.5 Å². The van der Waals surface area contributed by atoms with Crippen LogP contribution in [0.25, 0.3) is 4.85 Å². The number of carbonyl (C=O) groups is 1. The summed E-state index contributed by atoms with van der Waals surface area (Å²) in [5.41, 5.74) is 4.62. The van der Waals surface area contributed by atoms with Crippen LogP contribution in [-0.2, 0) is 23.4 Å². The Labute approximate surface area is 256 Å². The zero-order valence-corrected chi connectivity index (χ0v) is 27.6. The van der Waals surface area contributed by atoms with Crippen LogP contribution in [0, 0.1) is 12.5 Å². The first kappa shape index (κ1) is 35.1. The molecule has 1 aromatic heterocycles. The van der Waals surface area contributed by atoms with E-state index in [0.717, 1.165) is 12.8 Å². The predicted molar refractivity (Wildman–Crippen MR) is 167 cm³/mol. The molecule has 2 unspecified atom stereocenters. The number of nitrogens with two attached hydrogens (primary N) is 1. The van der Waals surface area contributed by atoms with Gasteiger partial charge in [-0.05, 0) is 40.5 Å². The average Bonchev–Trinajstić information content (AvgIpc) is 3.10. The van der Waals surface area contributed by atoms with Crippen molar-refractivity contribution >= 4 is 31.9 Å². The Morgan fingerprint density at radius 2 is 2.00 bits per heavy atom. The number of unbranched alkanes of at least 4 members (excludes halogenated alkanes) is 1. The van der Waals surface area contributed by atoms with E-state index >= 15 is 0 Å². The Balaban J connectivity index is 1.99. The molecule has 3 rings (SSSR count). The smallest absolute Gasteiger partial charge is 0.277 e. The number of aromatic amines is 1. The third kappa shape index (κ3) is 8.42. The second kappa shape index (κ2) is 15.6. The lowest BCUT2D eigenvalue weighted by Gasteiger charge is -2.45. The first-order valence-corrected chi connectivity index (χ1v) is 16.3. The number of ether oxygens (including phenoxy) is 1. The molecule has 0 radical (unpaired) electrons. The number of H-pyrrole nitrogens is 1. The van der Waals surface area contributed by atoms with Crippen molar-refractivity contribution in [2.45, 2.75) is 111 Å². The minimum atomic E-state index is -1.58. The molecule has 14 nitrogen and oxygen atoms in total. The van der Waals surface area contributed by atoms with E-state index in [1.807, 2.05) is 12.0 Å². The molecule has 242 valence electrons. The Kier molecular flexibility index (Phi) is 12.7. The molecule has 0 aliphatic carbocycles. The van der Waals surface area contributed by atoms with Gasteiger partial charge in [-0.25, -0.2) is 11.2 Å². The monoisotopic (exact) mass is 624 g/mol. The molecule has 2 fully saturated rings. The lowest BCUT2D eigenvalue weighted by Crippen LogP contribution is -2.59. The van der Waals surface area contributed by atoms with Gasteiger partial charge in [-0.2, -0.15) is 10.0 Å². The maximum absolute atomic E-state index is 12.7. The highest BCUT2D eigenvalue weighted by molar-refractivity contribution is 7.44. The molecule has 2 saturated heterocycles. The van der Waals surface area contributed by atoms with Gasteiger partial charge < -0.3 is 29.7 Å². The van der Waals surface area contributed by atoms with Crippen molar-refractivity contribution in [2.24, 2.45) is 5.92 Å². The highest BCUT2D eigenvalue weighted by atomic mass is 31.2. The normalized spacial score (nSPS) is 24.6. The van der Waals surface area contributed by atoms with Gasteiger partial charge in [-0.15, -0.1) is 0 Å². The van der Waals surface area contributed by atoms with Crippen LogP contribution in [0.5, 0.6) is 0 Å². The maximum Gasteiger partial charge on any atom is 0.277 e. The predicted octanol–water partition coefficient (Wildman–Crippen LogP) is 3.95. The van der Waals surface area contributed by atoms with Gasteiger partial charge in [0.15, 0.2) is 18.1 Å². The highest BCUT2D eigenvalue weighted by Gasteiger charge is 2.62. The first-order chi connectivity index (χ1) is 20.4. The minimum Gasteiger partial charge on any atom is -0.391 e. The van der Waals surface area contributed by atoms with Gasteiger partial charge >= 0.3 is 0 Å². The zero-order valence-electron chi connectivity index (χ0n) is 26.7. The Bertz CT molecular complexity index is 1170. The molecule has 0 saturated carbocycles. The number of hydrogen-bond acceptors (Lipinski definition) is 11. The molecule has 2 bridgehead atoms. The number of nitrogens with one attached hydrogen (secondary N) is 3. The second-order valence-corrected chi connectivity index (χ2v) is 13.2. The minimum absolute atomic E-state index is 0.0221. The fraction of sp³-hybridized carbons (Fsp3) is 0.786. The SMILES string of the molecule is [C-]#[N+]CCOP(OC1[C@@H]2ON(CCCC)C[C@]1(CC)O[C@H]2Nc1nc(NC(=O)C(C)C)[nH]c(=O)c1N)N(C(C)C)C(C)C. The molecule has 2 aliphatic rings. The van der Waals surface area contributed by atoms with Crippen LogP contribution in [-0.4, -0.2) is 88.0 Å². The van der Waals surface area contributed by atoms with Crippen LogP contribution in [0.3, 0.4) is 0 Å². The fourth-order valence-corrected chi connectivity index (χ4v) is 6.96. The third-order valence-corrected chi connectivity index (χ3v) is 9.52. The number of nitrogen functional groups attached to an aromatic ring is 1. The summed E-state index contributed by atoms with van der Waals surface area (Å²) in [6, 6.07) is 0.239. The molecule has 1 amide bonds. The highest BCUT2D eigenvalue weighted by Crippen LogP contribution is 2.53. The van der Waals surface area contributed by atoms with E-state index in [1.54, 1.807) is 13.8 Å². The van der Waals surface area contributed by atoms with Crippen molar-refractivity contribution in [3.8, 4) is 0 Å². The summed E-state index contributed by atoms with van der Waals surface area (Å²) in [5, 5.41) is 7.72. The number of carbonyl (C=O) groups excluding carboxylic acids is 1. The number of nitrogens with zero attached hydrogens (tertiary/aromatic N) is 4. The van der Waals surface area contributed by atoms with Crippen molar-refractivity contribution in [1.82, 2.24) is 19.7 Å². The summed E-state index contributed by atoms with van der Waals surface area (Å²) in [6.45, 7) is 24.8. The van der Waals surface area contributed by atoms with Gasteiger partial charge in [0.25, 0.3) is 14.1 Å². The van der Waals surface area contributed by atoms with Crippen molar-refractivity contribution in [3.05, 3.63) is 21.8 Å². The van der Waals surface area contributed by atoms with E-state index in [0.29, 0.717) is 19.5 Å². The fourth-order valence-electron chi connectivity index (χ4n) is 5.16.